The van der Waals surface area contributed by atoms with Gasteiger partial charge in [-0.05, 0) is 24.6 Å². The van der Waals surface area contributed by atoms with E-state index in [0.717, 1.165) is 34.8 Å². The molecule has 1 aliphatic heterocycles. The molecule has 0 spiro atoms. The Morgan fingerprint density at radius 3 is 2.32 bits per heavy atom. The third kappa shape index (κ3) is 4.12. The Bertz CT molecular complexity index is 1430. The van der Waals surface area contributed by atoms with E-state index in [0.29, 0.717) is 31.4 Å². The topological polar surface area (TPSA) is 83.7 Å². The predicted molar refractivity (Wildman–Crippen MR) is 122 cm³/mol. The lowest BCUT2D eigenvalue weighted by molar-refractivity contribution is 0.382. The van der Waals surface area contributed by atoms with Crippen LogP contribution in [0.5, 0.6) is 0 Å². The molecule has 2 aromatic heterocycles. The number of hydrogen-bond acceptors (Lipinski definition) is 6. The van der Waals surface area contributed by atoms with Crippen molar-refractivity contribution < 1.29 is 17.2 Å². The molecule has 176 valence electrons. The second-order valence-electron chi connectivity index (χ2n) is 8.13. The average Bonchev–Trinajstić information content (AvgIpc) is 3.27. The van der Waals surface area contributed by atoms with Crippen molar-refractivity contribution in [2.24, 2.45) is 0 Å². The lowest BCUT2D eigenvalue weighted by Crippen LogP contribution is -2.49. The van der Waals surface area contributed by atoms with Crippen LogP contribution >= 0.6 is 0 Å². The molecule has 3 heterocycles. The van der Waals surface area contributed by atoms with Gasteiger partial charge in [-0.2, -0.15) is 18.9 Å². The highest BCUT2D eigenvalue weighted by atomic mass is 32.2. The van der Waals surface area contributed by atoms with Crippen LogP contribution in [0.2, 0.25) is 0 Å². The van der Waals surface area contributed by atoms with Crippen molar-refractivity contribution in [3.05, 3.63) is 83.3 Å². The molecule has 8 nitrogen and oxygen atoms in total. The van der Waals surface area contributed by atoms with Gasteiger partial charge in [-0.3, -0.25) is 0 Å². The van der Waals surface area contributed by atoms with Crippen LogP contribution in [0.15, 0.2) is 59.8 Å². The van der Waals surface area contributed by atoms with E-state index in [4.69, 9.17) is 0 Å². The summed E-state index contributed by atoms with van der Waals surface area (Å²) >= 11 is 0. The molecule has 4 aromatic rings. The van der Waals surface area contributed by atoms with E-state index in [9.17, 15) is 17.2 Å². The van der Waals surface area contributed by atoms with Gasteiger partial charge >= 0.3 is 0 Å². The fourth-order valence-corrected chi connectivity index (χ4v) is 5.73. The number of nitrogens with zero attached hydrogens (tertiary/aromatic N) is 6. The van der Waals surface area contributed by atoms with Crippen molar-refractivity contribution in [1.82, 2.24) is 23.9 Å². The van der Waals surface area contributed by atoms with E-state index >= 15 is 0 Å². The standard InChI is InChI=1S/C23H22F2N6O2S/c1-16-21(11-17-5-3-2-4-6-17)22(31-23(28-16)26-15-27-31)29-7-9-30(10-8-29)34(32,33)20-13-18(24)12-19(25)14-20/h2-6,12-15H,7-11H2,1H3. The molecule has 0 unspecified atom stereocenters. The molecule has 0 amide bonds. The normalized spacial score (nSPS) is 15.2. The number of anilines is 1. The third-order valence-corrected chi connectivity index (χ3v) is 7.82. The van der Waals surface area contributed by atoms with Crippen LogP contribution in [0.1, 0.15) is 16.8 Å². The maximum Gasteiger partial charge on any atom is 0.254 e. The Kier molecular flexibility index (Phi) is 5.74. The van der Waals surface area contributed by atoms with Crippen molar-refractivity contribution in [1.29, 1.82) is 0 Å². The molecule has 0 saturated carbocycles. The first-order chi connectivity index (χ1) is 16.3. The second kappa shape index (κ2) is 8.73. The fraction of sp³-hybridized carbons (Fsp3) is 0.261. The summed E-state index contributed by atoms with van der Waals surface area (Å²) in [6, 6.07) is 12.3. The van der Waals surface area contributed by atoms with Crippen LogP contribution < -0.4 is 4.90 Å². The summed E-state index contributed by atoms with van der Waals surface area (Å²) < 4.78 is 56.2. The number of hydrogen-bond donors (Lipinski definition) is 0. The molecule has 1 saturated heterocycles. The maximum absolute atomic E-state index is 13.6. The molecule has 0 bridgehead atoms. The Hall–Kier alpha value is -3.44. The molecule has 1 fully saturated rings. The Balaban J connectivity index is 1.46. The van der Waals surface area contributed by atoms with E-state index in [1.807, 2.05) is 37.3 Å². The fourth-order valence-electron chi connectivity index (χ4n) is 4.27. The summed E-state index contributed by atoms with van der Waals surface area (Å²) in [6.45, 7) is 2.98. The highest BCUT2D eigenvalue weighted by Crippen LogP contribution is 2.28. The molecule has 0 radical (unpaired) electrons. The minimum Gasteiger partial charge on any atom is -0.354 e. The number of halogens is 2. The molecule has 0 aliphatic carbocycles. The molecule has 1 aliphatic rings. The van der Waals surface area contributed by atoms with Crippen molar-refractivity contribution >= 4 is 21.6 Å². The minimum absolute atomic E-state index is 0.156. The zero-order chi connectivity index (χ0) is 23.9. The van der Waals surface area contributed by atoms with Crippen molar-refractivity contribution in [2.75, 3.05) is 31.1 Å². The molecule has 34 heavy (non-hydrogen) atoms. The minimum atomic E-state index is -4.03. The lowest BCUT2D eigenvalue weighted by Gasteiger charge is -2.36. The first kappa shape index (κ1) is 22.4. The quantitative estimate of drug-likeness (QED) is 0.433. The van der Waals surface area contributed by atoms with Crippen LogP contribution in [-0.4, -0.2) is 58.5 Å². The first-order valence-corrected chi connectivity index (χ1v) is 12.2. The second-order valence-corrected chi connectivity index (χ2v) is 10.1. The highest BCUT2D eigenvalue weighted by Gasteiger charge is 2.31. The smallest absolute Gasteiger partial charge is 0.254 e. The number of piperazine rings is 1. The zero-order valence-electron chi connectivity index (χ0n) is 18.4. The van der Waals surface area contributed by atoms with Crippen LogP contribution in [0.4, 0.5) is 14.6 Å². The van der Waals surface area contributed by atoms with Crippen LogP contribution in [0, 0.1) is 18.6 Å². The summed E-state index contributed by atoms with van der Waals surface area (Å²) in [5.74, 6) is -0.570. The molecular weight excluding hydrogens is 462 g/mol. The largest absolute Gasteiger partial charge is 0.354 e. The van der Waals surface area contributed by atoms with Gasteiger partial charge in [-0.15, -0.1) is 0 Å². The summed E-state index contributed by atoms with van der Waals surface area (Å²) in [7, 11) is -4.03. The van der Waals surface area contributed by atoms with E-state index in [-0.39, 0.29) is 18.0 Å². The predicted octanol–water partition coefficient (Wildman–Crippen LogP) is 2.81. The Morgan fingerprint density at radius 2 is 1.65 bits per heavy atom. The van der Waals surface area contributed by atoms with Gasteiger partial charge in [-0.1, -0.05) is 30.3 Å². The van der Waals surface area contributed by atoms with Crippen molar-refractivity contribution in [3.8, 4) is 0 Å². The molecule has 11 heteroatoms. The number of rotatable bonds is 5. The molecule has 5 rings (SSSR count). The van der Waals surface area contributed by atoms with Gasteiger partial charge in [0.2, 0.25) is 10.0 Å². The summed E-state index contributed by atoms with van der Waals surface area (Å²) in [5.41, 5.74) is 2.92. The van der Waals surface area contributed by atoms with Crippen LogP contribution in [0.3, 0.4) is 0 Å². The Labute approximate surface area is 195 Å². The van der Waals surface area contributed by atoms with Gasteiger partial charge in [0, 0.05) is 49.9 Å². The van der Waals surface area contributed by atoms with E-state index < -0.39 is 21.7 Å². The number of aryl methyl sites for hydroxylation is 1. The number of fused-ring (bicyclic) bond motifs is 1. The van der Waals surface area contributed by atoms with Gasteiger partial charge < -0.3 is 4.90 Å². The zero-order valence-corrected chi connectivity index (χ0v) is 19.2. The lowest BCUT2D eigenvalue weighted by atomic mass is 10.0. The van der Waals surface area contributed by atoms with E-state index in [1.54, 1.807) is 4.52 Å². The number of sulfonamides is 1. The van der Waals surface area contributed by atoms with Gasteiger partial charge in [0.1, 0.15) is 23.8 Å². The maximum atomic E-state index is 13.6. The molecule has 2 aromatic carbocycles. The van der Waals surface area contributed by atoms with Gasteiger partial charge in [0.05, 0.1) is 4.90 Å². The third-order valence-electron chi connectivity index (χ3n) is 5.94. The molecule has 0 atom stereocenters. The van der Waals surface area contributed by atoms with Gasteiger partial charge in [0.15, 0.2) is 0 Å². The van der Waals surface area contributed by atoms with Crippen molar-refractivity contribution in [3.63, 3.8) is 0 Å². The summed E-state index contributed by atoms with van der Waals surface area (Å²) in [6.07, 6.45) is 2.07. The monoisotopic (exact) mass is 484 g/mol. The first-order valence-electron chi connectivity index (χ1n) is 10.8. The number of aromatic nitrogens is 4. The van der Waals surface area contributed by atoms with Crippen LogP contribution in [0.25, 0.3) is 5.78 Å². The van der Waals surface area contributed by atoms with Gasteiger partial charge in [0.25, 0.3) is 5.78 Å². The van der Waals surface area contributed by atoms with Crippen molar-refractivity contribution in [2.45, 2.75) is 18.2 Å². The molecular formula is C23H22F2N6O2S. The summed E-state index contributed by atoms with van der Waals surface area (Å²) in [4.78, 5) is 10.5. The summed E-state index contributed by atoms with van der Waals surface area (Å²) in [5, 5.41) is 4.36. The van der Waals surface area contributed by atoms with Gasteiger partial charge in [-0.25, -0.2) is 22.2 Å². The average molecular weight is 485 g/mol. The van der Waals surface area contributed by atoms with Crippen LogP contribution in [-0.2, 0) is 16.4 Å². The molecule has 0 N–H and O–H groups in total. The highest BCUT2D eigenvalue weighted by molar-refractivity contribution is 7.89. The van der Waals surface area contributed by atoms with E-state index in [2.05, 4.69) is 20.0 Å². The Morgan fingerprint density at radius 1 is 0.971 bits per heavy atom. The van der Waals surface area contributed by atoms with E-state index in [1.165, 1.54) is 10.6 Å². The number of benzene rings is 2. The SMILES string of the molecule is Cc1nc2ncnn2c(N2CCN(S(=O)(=O)c3cc(F)cc(F)c3)CC2)c1Cc1ccccc1.